The van der Waals surface area contributed by atoms with Gasteiger partial charge in [0.1, 0.15) is 5.52 Å². The predicted octanol–water partition coefficient (Wildman–Crippen LogP) is 2.60. The first-order valence-electron chi connectivity index (χ1n) is 7.19. The molecular formula is C16H16N4O. The van der Waals surface area contributed by atoms with Gasteiger partial charge in [-0.05, 0) is 38.3 Å². The highest BCUT2D eigenvalue weighted by Gasteiger charge is 2.29. The molecule has 1 saturated carbocycles. The summed E-state index contributed by atoms with van der Waals surface area (Å²) in [5.41, 5.74) is 4.62. The van der Waals surface area contributed by atoms with Gasteiger partial charge in [0.2, 0.25) is 0 Å². The SMILES string of the molecule is Cc1ccc(-n2ncc3c(C4CC4)n[nH]c(=O)c32)c(C)c1. The summed E-state index contributed by atoms with van der Waals surface area (Å²) in [6.45, 7) is 4.09. The highest BCUT2D eigenvalue weighted by Crippen LogP contribution is 2.41. The van der Waals surface area contributed by atoms with Crippen LogP contribution in [0.15, 0.2) is 29.2 Å². The zero-order valence-electron chi connectivity index (χ0n) is 12.1. The van der Waals surface area contributed by atoms with Crippen LogP contribution >= 0.6 is 0 Å². The van der Waals surface area contributed by atoms with Crippen LogP contribution in [0.3, 0.4) is 0 Å². The van der Waals surface area contributed by atoms with E-state index < -0.39 is 0 Å². The summed E-state index contributed by atoms with van der Waals surface area (Å²) in [6, 6.07) is 6.14. The van der Waals surface area contributed by atoms with E-state index in [0.717, 1.165) is 35.2 Å². The summed E-state index contributed by atoms with van der Waals surface area (Å²) in [5, 5.41) is 12.2. The van der Waals surface area contributed by atoms with Crippen molar-refractivity contribution in [3.63, 3.8) is 0 Å². The van der Waals surface area contributed by atoms with Crippen molar-refractivity contribution in [3.05, 3.63) is 51.6 Å². The molecule has 1 N–H and O–H groups in total. The number of benzene rings is 1. The second kappa shape index (κ2) is 4.28. The number of rotatable bonds is 2. The summed E-state index contributed by atoms with van der Waals surface area (Å²) >= 11 is 0. The monoisotopic (exact) mass is 280 g/mol. The maximum absolute atomic E-state index is 12.2. The van der Waals surface area contributed by atoms with Crippen LogP contribution in [0.4, 0.5) is 0 Å². The Morgan fingerprint density at radius 2 is 2.10 bits per heavy atom. The van der Waals surface area contributed by atoms with E-state index >= 15 is 0 Å². The lowest BCUT2D eigenvalue weighted by Crippen LogP contribution is -2.14. The first-order valence-corrected chi connectivity index (χ1v) is 7.19. The first-order chi connectivity index (χ1) is 10.1. The molecule has 1 aliphatic rings. The van der Waals surface area contributed by atoms with Crippen LogP contribution < -0.4 is 5.56 Å². The first kappa shape index (κ1) is 12.3. The van der Waals surface area contributed by atoms with Crippen molar-refractivity contribution in [1.82, 2.24) is 20.0 Å². The second-order valence-corrected chi connectivity index (χ2v) is 5.82. The third-order valence-electron chi connectivity index (χ3n) is 4.08. The molecule has 0 aliphatic heterocycles. The molecule has 2 aromatic heterocycles. The van der Waals surface area contributed by atoms with Crippen LogP contribution in [-0.4, -0.2) is 20.0 Å². The maximum Gasteiger partial charge on any atom is 0.290 e. The summed E-state index contributed by atoms with van der Waals surface area (Å²) in [7, 11) is 0. The van der Waals surface area contributed by atoms with E-state index in [1.807, 2.05) is 19.1 Å². The van der Waals surface area contributed by atoms with Gasteiger partial charge < -0.3 is 0 Å². The normalized spacial score (nSPS) is 14.8. The number of nitrogens with zero attached hydrogens (tertiary/aromatic N) is 3. The molecule has 2 heterocycles. The number of aryl methyl sites for hydroxylation is 2. The fourth-order valence-corrected chi connectivity index (χ4v) is 2.87. The molecule has 5 nitrogen and oxygen atoms in total. The van der Waals surface area contributed by atoms with Crippen molar-refractivity contribution in [2.24, 2.45) is 0 Å². The maximum atomic E-state index is 12.2. The van der Waals surface area contributed by atoms with Crippen molar-refractivity contribution >= 4 is 10.9 Å². The van der Waals surface area contributed by atoms with E-state index in [-0.39, 0.29) is 5.56 Å². The van der Waals surface area contributed by atoms with E-state index in [4.69, 9.17) is 0 Å². The molecule has 21 heavy (non-hydrogen) atoms. The van der Waals surface area contributed by atoms with E-state index in [0.29, 0.717) is 11.4 Å². The number of hydrogen-bond donors (Lipinski definition) is 1. The molecule has 0 bridgehead atoms. The third kappa shape index (κ3) is 1.88. The molecule has 4 rings (SSSR count). The van der Waals surface area contributed by atoms with Gasteiger partial charge in [0.25, 0.3) is 5.56 Å². The molecule has 0 unspecified atom stereocenters. The molecule has 0 amide bonds. The van der Waals surface area contributed by atoms with E-state index in [1.165, 1.54) is 5.56 Å². The van der Waals surface area contributed by atoms with Gasteiger partial charge in [-0.25, -0.2) is 9.78 Å². The minimum absolute atomic E-state index is 0.188. The van der Waals surface area contributed by atoms with Crippen molar-refractivity contribution < 1.29 is 0 Å². The quantitative estimate of drug-likeness (QED) is 0.784. The Bertz CT molecular complexity index is 902. The van der Waals surface area contributed by atoms with Crippen LogP contribution in [0, 0.1) is 13.8 Å². The van der Waals surface area contributed by atoms with Crippen LogP contribution in [0.2, 0.25) is 0 Å². The standard InChI is InChI=1S/C16H16N4O/c1-9-3-6-13(10(2)7-9)20-15-12(8-17-20)14(11-4-5-11)18-19-16(15)21/h3,6-8,11H,4-5H2,1-2H3,(H,19,21). The molecule has 0 spiro atoms. The minimum Gasteiger partial charge on any atom is -0.266 e. The highest BCUT2D eigenvalue weighted by molar-refractivity contribution is 5.82. The number of hydrogen-bond acceptors (Lipinski definition) is 3. The Labute approximate surface area is 121 Å². The zero-order chi connectivity index (χ0) is 14.6. The molecule has 1 aromatic carbocycles. The van der Waals surface area contributed by atoms with E-state index in [9.17, 15) is 4.79 Å². The average Bonchev–Trinajstić information content (AvgIpc) is 3.19. The van der Waals surface area contributed by atoms with Crippen LogP contribution in [0.1, 0.15) is 35.6 Å². The zero-order valence-corrected chi connectivity index (χ0v) is 12.1. The lowest BCUT2D eigenvalue weighted by atomic mass is 10.1. The van der Waals surface area contributed by atoms with Gasteiger partial charge in [-0.15, -0.1) is 0 Å². The molecule has 0 atom stereocenters. The Kier molecular flexibility index (Phi) is 2.51. The van der Waals surface area contributed by atoms with Gasteiger partial charge >= 0.3 is 0 Å². The fourth-order valence-electron chi connectivity index (χ4n) is 2.87. The topological polar surface area (TPSA) is 63.6 Å². The van der Waals surface area contributed by atoms with E-state index in [2.05, 4.69) is 28.3 Å². The van der Waals surface area contributed by atoms with Gasteiger partial charge in [-0.2, -0.15) is 10.2 Å². The second-order valence-electron chi connectivity index (χ2n) is 5.82. The third-order valence-corrected chi connectivity index (χ3v) is 4.08. The van der Waals surface area contributed by atoms with Crippen LogP contribution in [-0.2, 0) is 0 Å². The van der Waals surface area contributed by atoms with Gasteiger partial charge in [0.15, 0.2) is 0 Å². The average molecular weight is 280 g/mol. The molecule has 1 fully saturated rings. The van der Waals surface area contributed by atoms with Crippen molar-refractivity contribution in [2.45, 2.75) is 32.6 Å². The van der Waals surface area contributed by atoms with Gasteiger partial charge in [-0.1, -0.05) is 17.7 Å². The molecule has 1 aliphatic carbocycles. The van der Waals surface area contributed by atoms with Gasteiger partial charge in [0.05, 0.1) is 17.6 Å². The Morgan fingerprint density at radius 1 is 1.29 bits per heavy atom. The largest absolute Gasteiger partial charge is 0.290 e. The van der Waals surface area contributed by atoms with Crippen molar-refractivity contribution in [1.29, 1.82) is 0 Å². The molecule has 106 valence electrons. The Morgan fingerprint density at radius 3 is 2.81 bits per heavy atom. The van der Waals surface area contributed by atoms with Crippen molar-refractivity contribution in [2.75, 3.05) is 0 Å². The number of nitrogens with one attached hydrogen (secondary N) is 1. The molecule has 0 saturated heterocycles. The lowest BCUT2D eigenvalue weighted by molar-refractivity contribution is 0.875. The van der Waals surface area contributed by atoms with Crippen LogP contribution in [0.5, 0.6) is 0 Å². The molecule has 5 heteroatoms. The highest BCUT2D eigenvalue weighted by atomic mass is 16.1. The molecule has 3 aromatic rings. The number of aromatic nitrogens is 4. The fraction of sp³-hybridized carbons (Fsp3) is 0.312. The number of H-pyrrole nitrogens is 1. The molecule has 0 radical (unpaired) electrons. The van der Waals surface area contributed by atoms with E-state index in [1.54, 1.807) is 10.9 Å². The molecular weight excluding hydrogens is 264 g/mol. The van der Waals surface area contributed by atoms with Crippen molar-refractivity contribution in [3.8, 4) is 5.69 Å². The smallest absolute Gasteiger partial charge is 0.266 e. The summed E-state index contributed by atoms with van der Waals surface area (Å²) in [4.78, 5) is 12.2. The van der Waals surface area contributed by atoms with Gasteiger partial charge in [0, 0.05) is 11.3 Å². The Balaban J connectivity index is 2.01. The summed E-state index contributed by atoms with van der Waals surface area (Å²) < 4.78 is 1.73. The lowest BCUT2D eigenvalue weighted by Gasteiger charge is -2.08. The van der Waals surface area contributed by atoms with Crippen LogP contribution in [0.25, 0.3) is 16.6 Å². The number of aromatic amines is 1. The summed E-state index contributed by atoms with van der Waals surface area (Å²) in [6.07, 6.45) is 4.05. The number of fused-ring (bicyclic) bond motifs is 1. The predicted molar refractivity (Wildman–Crippen MR) is 80.9 cm³/mol. The Hall–Kier alpha value is -2.43. The minimum atomic E-state index is -0.188. The summed E-state index contributed by atoms with van der Waals surface area (Å²) in [5.74, 6) is 0.473. The van der Waals surface area contributed by atoms with Gasteiger partial charge in [-0.3, -0.25) is 4.79 Å².